The number of unbranched alkanes of at least 4 members (excludes halogenated alkanes) is 6. The molecule has 0 heteroatoms. The van der Waals surface area contributed by atoms with Gasteiger partial charge in [-0.3, -0.25) is 0 Å². The first-order valence-electron chi connectivity index (χ1n) is 8.70. The van der Waals surface area contributed by atoms with Gasteiger partial charge in [0.25, 0.3) is 0 Å². The monoisotopic (exact) mass is 254 g/mol. The van der Waals surface area contributed by atoms with E-state index in [2.05, 4.69) is 27.7 Å². The normalized spacial score (nSPS) is 13.2. The summed E-state index contributed by atoms with van der Waals surface area (Å²) in [6.07, 6.45) is 17.4. The summed E-state index contributed by atoms with van der Waals surface area (Å²) in [5, 5.41) is 0. The number of hydrogen-bond acceptors (Lipinski definition) is 0. The fraction of sp³-hybridized carbons (Fsp3) is 1.00. The molecule has 0 bridgehead atoms. The van der Waals surface area contributed by atoms with Gasteiger partial charge in [0.1, 0.15) is 0 Å². The molecule has 0 spiro atoms. The Bertz CT molecular complexity index is 148. The van der Waals surface area contributed by atoms with Crippen LogP contribution in [-0.2, 0) is 0 Å². The van der Waals surface area contributed by atoms with Crippen LogP contribution in [0.4, 0.5) is 0 Å². The van der Waals surface area contributed by atoms with E-state index in [0.717, 1.165) is 11.8 Å². The largest absolute Gasteiger partial charge is 0.0654 e. The summed E-state index contributed by atoms with van der Waals surface area (Å²) >= 11 is 0. The molecular weight excluding hydrogens is 216 g/mol. The Labute approximate surface area is 117 Å². The van der Waals surface area contributed by atoms with Crippen LogP contribution in [0.1, 0.15) is 105 Å². The van der Waals surface area contributed by atoms with Crippen LogP contribution in [0.2, 0.25) is 0 Å². The van der Waals surface area contributed by atoms with E-state index in [1.807, 2.05) is 0 Å². The van der Waals surface area contributed by atoms with Crippen molar-refractivity contribution in [3.8, 4) is 0 Å². The lowest BCUT2D eigenvalue weighted by Gasteiger charge is -2.14. The van der Waals surface area contributed by atoms with E-state index in [4.69, 9.17) is 0 Å². The van der Waals surface area contributed by atoms with Gasteiger partial charge in [0.15, 0.2) is 0 Å². The molecule has 0 saturated carbocycles. The average molecular weight is 255 g/mol. The minimum atomic E-state index is 0.894. The molecule has 0 aliphatic heterocycles. The maximum atomic E-state index is 2.38. The summed E-state index contributed by atoms with van der Waals surface area (Å²) in [4.78, 5) is 0. The second kappa shape index (κ2) is 13.4. The fourth-order valence-electron chi connectivity index (χ4n) is 2.75. The molecule has 18 heavy (non-hydrogen) atoms. The molecule has 110 valence electrons. The first kappa shape index (κ1) is 18.0. The molecule has 0 fully saturated rings. The van der Waals surface area contributed by atoms with Gasteiger partial charge < -0.3 is 0 Å². The summed E-state index contributed by atoms with van der Waals surface area (Å²) in [7, 11) is 0. The molecule has 0 aliphatic rings. The van der Waals surface area contributed by atoms with Gasteiger partial charge in [0.05, 0.1) is 0 Å². The zero-order chi connectivity index (χ0) is 13.6. The summed E-state index contributed by atoms with van der Waals surface area (Å²) < 4.78 is 0. The second-order valence-electron chi connectivity index (χ2n) is 6.51. The van der Waals surface area contributed by atoms with E-state index in [-0.39, 0.29) is 0 Å². The molecule has 1 unspecified atom stereocenters. The van der Waals surface area contributed by atoms with Gasteiger partial charge in [-0.2, -0.15) is 0 Å². The Balaban J connectivity index is 3.35. The zero-order valence-corrected chi connectivity index (χ0v) is 13.6. The molecule has 0 aromatic rings. The Kier molecular flexibility index (Phi) is 13.4. The highest BCUT2D eigenvalue weighted by Crippen LogP contribution is 2.21. The third-order valence-electron chi connectivity index (χ3n) is 4.19. The van der Waals surface area contributed by atoms with E-state index < -0.39 is 0 Å². The molecule has 0 radical (unpaired) electrons. The van der Waals surface area contributed by atoms with Crippen LogP contribution in [0.5, 0.6) is 0 Å². The van der Waals surface area contributed by atoms with Crippen molar-refractivity contribution in [3.63, 3.8) is 0 Å². The number of hydrogen-bond donors (Lipinski definition) is 0. The summed E-state index contributed by atoms with van der Waals surface area (Å²) in [5.74, 6) is 1.91. The summed E-state index contributed by atoms with van der Waals surface area (Å²) in [6, 6.07) is 0. The summed E-state index contributed by atoms with van der Waals surface area (Å²) in [5.41, 5.74) is 0. The van der Waals surface area contributed by atoms with E-state index in [1.165, 1.54) is 77.0 Å². The summed E-state index contributed by atoms with van der Waals surface area (Å²) in [6.45, 7) is 9.35. The zero-order valence-electron chi connectivity index (χ0n) is 13.6. The van der Waals surface area contributed by atoms with Crippen LogP contribution >= 0.6 is 0 Å². The molecule has 0 nitrogen and oxygen atoms in total. The SMILES string of the molecule is CCCCCCCC(CC)CCCCCC(C)C. The van der Waals surface area contributed by atoms with E-state index in [1.54, 1.807) is 0 Å². The van der Waals surface area contributed by atoms with E-state index in [9.17, 15) is 0 Å². The highest BCUT2D eigenvalue weighted by molar-refractivity contribution is 4.59. The smallest absolute Gasteiger partial charge is 0.0417 e. The third-order valence-corrected chi connectivity index (χ3v) is 4.19. The van der Waals surface area contributed by atoms with Gasteiger partial charge in [0.2, 0.25) is 0 Å². The fourth-order valence-corrected chi connectivity index (χ4v) is 2.75. The highest BCUT2D eigenvalue weighted by Gasteiger charge is 2.05. The van der Waals surface area contributed by atoms with Gasteiger partial charge >= 0.3 is 0 Å². The molecule has 1 atom stereocenters. The maximum absolute atomic E-state index is 2.38. The topological polar surface area (TPSA) is 0 Å². The van der Waals surface area contributed by atoms with Crippen LogP contribution in [0, 0.1) is 11.8 Å². The van der Waals surface area contributed by atoms with Crippen LogP contribution < -0.4 is 0 Å². The third kappa shape index (κ3) is 12.5. The van der Waals surface area contributed by atoms with Crippen molar-refractivity contribution >= 4 is 0 Å². The molecule has 0 aromatic heterocycles. The van der Waals surface area contributed by atoms with E-state index in [0.29, 0.717) is 0 Å². The molecule has 0 saturated heterocycles. The molecule has 0 heterocycles. The first-order valence-corrected chi connectivity index (χ1v) is 8.70. The van der Waals surface area contributed by atoms with Crippen molar-refractivity contribution in [2.24, 2.45) is 11.8 Å². The van der Waals surface area contributed by atoms with Crippen LogP contribution in [-0.4, -0.2) is 0 Å². The Morgan fingerprint density at radius 3 is 1.61 bits per heavy atom. The Morgan fingerprint density at radius 1 is 0.611 bits per heavy atom. The molecular formula is C18H38. The minimum absolute atomic E-state index is 0.894. The van der Waals surface area contributed by atoms with Crippen molar-refractivity contribution in [3.05, 3.63) is 0 Å². The van der Waals surface area contributed by atoms with Crippen molar-refractivity contribution in [1.29, 1.82) is 0 Å². The molecule has 0 aliphatic carbocycles. The molecule has 0 amide bonds. The lowest BCUT2D eigenvalue weighted by Crippen LogP contribution is -1.99. The second-order valence-corrected chi connectivity index (χ2v) is 6.51. The molecule has 0 aromatic carbocycles. The van der Waals surface area contributed by atoms with Crippen molar-refractivity contribution < 1.29 is 0 Å². The standard InChI is InChI=1S/C18H38/c1-5-7-8-9-12-15-18(6-2)16-13-10-11-14-17(3)4/h17-18H,5-16H2,1-4H3. The average Bonchev–Trinajstić information content (AvgIpc) is 2.35. The van der Waals surface area contributed by atoms with Gasteiger partial charge in [0, 0.05) is 0 Å². The van der Waals surface area contributed by atoms with Crippen LogP contribution in [0.25, 0.3) is 0 Å². The van der Waals surface area contributed by atoms with Crippen molar-refractivity contribution in [2.45, 2.75) is 105 Å². The molecule has 0 rings (SSSR count). The van der Waals surface area contributed by atoms with Crippen molar-refractivity contribution in [1.82, 2.24) is 0 Å². The van der Waals surface area contributed by atoms with Gasteiger partial charge in [-0.1, -0.05) is 105 Å². The van der Waals surface area contributed by atoms with Crippen LogP contribution in [0.15, 0.2) is 0 Å². The molecule has 0 N–H and O–H groups in total. The Hall–Kier alpha value is 0. The van der Waals surface area contributed by atoms with E-state index >= 15 is 0 Å². The quantitative estimate of drug-likeness (QED) is 0.311. The maximum Gasteiger partial charge on any atom is -0.0417 e. The van der Waals surface area contributed by atoms with Gasteiger partial charge in [-0.25, -0.2) is 0 Å². The lowest BCUT2D eigenvalue weighted by atomic mass is 9.92. The van der Waals surface area contributed by atoms with Crippen molar-refractivity contribution in [2.75, 3.05) is 0 Å². The van der Waals surface area contributed by atoms with Crippen LogP contribution in [0.3, 0.4) is 0 Å². The minimum Gasteiger partial charge on any atom is -0.0654 e. The first-order chi connectivity index (χ1) is 8.70. The van der Waals surface area contributed by atoms with Gasteiger partial charge in [-0.15, -0.1) is 0 Å². The lowest BCUT2D eigenvalue weighted by molar-refractivity contribution is 0.390. The number of rotatable bonds is 13. The van der Waals surface area contributed by atoms with Gasteiger partial charge in [-0.05, 0) is 11.8 Å². The highest BCUT2D eigenvalue weighted by atomic mass is 14.1. The predicted molar refractivity (Wildman–Crippen MR) is 85.1 cm³/mol. The predicted octanol–water partition coefficient (Wildman–Crippen LogP) is 6.98. The Morgan fingerprint density at radius 2 is 1.11 bits per heavy atom.